The van der Waals surface area contributed by atoms with Crippen LogP contribution >= 0.6 is 15.9 Å². The molecule has 1 N–H and O–H groups in total. The average molecular weight is 543 g/mol. The number of aldehydes is 2. The Morgan fingerprint density at radius 1 is 1.20 bits per heavy atom. The van der Waals surface area contributed by atoms with Gasteiger partial charge in [-0.1, -0.05) is 40.5 Å². The molecule has 0 spiro atoms. The number of nitrogens with zero attached hydrogens (tertiary/aromatic N) is 2. The van der Waals surface area contributed by atoms with Gasteiger partial charge in [-0.05, 0) is 74.0 Å². The van der Waals surface area contributed by atoms with Crippen LogP contribution in [-0.4, -0.2) is 56.6 Å². The Morgan fingerprint density at radius 3 is 2.77 bits per heavy atom. The second-order valence-corrected chi connectivity index (χ2v) is 10.1. The quantitative estimate of drug-likeness (QED) is 0.280. The van der Waals surface area contributed by atoms with Gasteiger partial charge in [0.25, 0.3) is 0 Å². The summed E-state index contributed by atoms with van der Waals surface area (Å²) < 4.78 is 1.14. The van der Waals surface area contributed by atoms with Crippen LogP contribution in [0.1, 0.15) is 59.2 Å². The number of hydrogen-bond acceptors (Lipinski definition) is 5. The molecule has 2 aromatic rings. The van der Waals surface area contributed by atoms with Crippen molar-refractivity contribution in [3.8, 4) is 0 Å². The Bertz CT molecular complexity index is 1030. The van der Waals surface area contributed by atoms with E-state index in [9.17, 15) is 14.4 Å². The van der Waals surface area contributed by atoms with Gasteiger partial charge in [0, 0.05) is 48.8 Å². The summed E-state index contributed by atoms with van der Waals surface area (Å²) in [5.74, 6) is -0.115. The molecule has 0 saturated heterocycles. The predicted molar refractivity (Wildman–Crippen MR) is 144 cm³/mol. The number of rotatable bonds is 14. The van der Waals surface area contributed by atoms with Gasteiger partial charge in [-0.15, -0.1) is 0 Å². The SMILES string of the molecule is CNC(=O)C(CCC=O)N(C)Cc1c(C=O)cccc1CCCCCN1CCc2cc(Br)ccc21. The monoisotopic (exact) mass is 541 g/mol. The standard InChI is InChI=1S/C28H36BrN3O3/c1-30-28(35)27(11-7-17-33)31(2)19-25-21(9-6-10-23(25)20-34)8-4-3-5-15-32-16-14-22-18-24(29)12-13-26(22)32/h6,9-10,12-13,17-18,20,27H,3-5,7-8,11,14-16,19H2,1-2H3,(H,30,35). The molecule has 0 fully saturated rings. The van der Waals surface area contributed by atoms with Crippen LogP contribution in [0.4, 0.5) is 5.69 Å². The maximum atomic E-state index is 12.4. The van der Waals surface area contributed by atoms with E-state index in [2.05, 4.69) is 50.4 Å². The Hall–Kier alpha value is -2.51. The highest BCUT2D eigenvalue weighted by Crippen LogP contribution is 2.30. The first kappa shape index (κ1) is 27.1. The largest absolute Gasteiger partial charge is 0.371 e. The third kappa shape index (κ3) is 7.24. The zero-order valence-electron chi connectivity index (χ0n) is 20.8. The number of likely N-dealkylation sites (N-methyl/N-ethyl adjacent to an activating group) is 2. The van der Waals surface area contributed by atoms with Crippen molar-refractivity contribution in [2.75, 3.05) is 32.1 Å². The molecule has 0 radical (unpaired) electrons. The molecule has 0 aliphatic carbocycles. The van der Waals surface area contributed by atoms with Gasteiger partial charge < -0.3 is 15.0 Å². The number of carbonyl (C=O) groups excluding carboxylic acids is 3. The molecular formula is C28H36BrN3O3. The van der Waals surface area contributed by atoms with E-state index in [0.717, 1.165) is 73.4 Å². The van der Waals surface area contributed by atoms with Crippen LogP contribution in [0.5, 0.6) is 0 Å². The van der Waals surface area contributed by atoms with Crippen molar-refractivity contribution in [3.05, 3.63) is 63.1 Å². The molecule has 1 atom stereocenters. The van der Waals surface area contributed by atoms with Crippen molar-refractivity contribution >= 4 is 40.1 Å². The molecule has 2 aromatic carbocycles. The van der Waals surface area contributed by atoms with Crippen molar-refractivity contribution in [2.45, 2.75) is 57.5 Å². The fourth-order valence-electron chi connectivity index (χ4n) is 4.96. The number of nitrogens with one attached hydrogen (secondary N) is 1. The molecule has 0 aromatic heterocycles. The molecule has 7 heteroatoms. The summed E-state index contributed by atoms with van der Waals surface area (Å²) in [5.41, 5.74) is 5.58. The Balaban J connectivity index is 1.58. The lowest BCUT2D eigenvalue weighted by atomic mass is 9.96. The zero-order valence-corrected chi connectivity index (χ0v) is 22.4. The number of hydrogen-bond donors (Lipinski definition) is 1. The van der Waals surface area contributed by atoms with Crippen molar-refractivity contribution in [1.82, 2.24) is 10.2 Å². The molecular weight excluding hydrogens is 506 g/mol. The highest BCUT2D eigenvalue weighted by atomic mass is 79.9. The van der Waals surface area contributed by atoms with Gasteiger partial charge in [-0.25, -0.2) is 0 Å². The molecule has 1 aliphatic heterocycles. The van der Waals surface area contributed by atoms with Crippen LogP contribution in [-0.2, 0) is 29.0 Å². The molecule has 3 rings (SSSR count). The van der Waals surface area contributed by atoms with E-state index >= 15 is 0 Å². The topological polar surface area (TPSA) is 69.7 Å². The first-order chi connectivity index (χ1) is 17.0. The van der Waals surface area contributed by atoms with Crippen LogP contribution in [0.3, 0.4) is 0 Å². The normalized spacial score (nSPS) is 13.5. The number of amides is 1. The molecule has 1 aliphatic rings. The summed E-state index contributed by atoms with van der Waals surface area (Å²) in [7, 11) is 3.48. The summed E-state index contributed by atoms with van der Waals surface area (Å²) in [6.07, 6.45) is 7.81. The van der Waals surface area contributed by atoms with Gasteiger partial charge in [0.2, 0.25) is 5.91 Å². The van der Waals surface area contributed by atoms with Crippen molar-refractivity contribution < 1.29 is 14.4 Å². The van der Waals surface area contributed by atoms with Crippen LogP contribution < -0.4 is 10.2 Å². The maximum Gasteiger partial charge on any atom is 0.237 e. The fraction of sp³-hybridized carbons (Fsp3) is 0.464. The summed E-state index contributed by atoms with van der Waals surface area (Å²) >= 11 is 3.56. The molecule has 0 bridgehead atoms. The van der Waals surface area contributed by atoms with E-state index < -0.39 is 6.04 Å². The Labute approximate surface area is 217 Å². The van der Waals surface area contributed by atoms with Gasteiger partial charge in [0.15, 0.2) is 0 Å². The summed E-state index contributed by atoms with van der Waals surface area (Å²) in [6, 6.07) is 12.0. The van der Waals surface area contributed by atoms with Crippen molar-refractivity contribution in [3.63, 3.8) is 0 Å². The smallest absolute Gasteiger partial charge is 0.237 e. The summed E-state index contributed by atoms with van der Waals surface area (Å²) in [6.45, 7) is 2.63. The minimum atomic E-state index is -0.415. The highest BCUT2D eigenvalue weighted by Gasteiger charge is 2.23. The lowest BCUT2D eigenvalue weighted by Crippen LogP contribution is -2.44. The van der Waals surface area contributed by atoms with Crippen molar-refractivity contribution in [1.29, 1.82) is 0 Å². The van der Waals surface area contributed by atoms with E-state index in [-0.39, 0.29) is 5.91 Å². The van der Waals surface area contributed by atoms with E-state index in [1.54, 1.807) is 7.05 Å². The Morgan fingerprint density at radius 2 is 2.03 bits per heavy atom. The maximum absolute atomic E-state index is 12.4. The number of anilines is 1. The van der Waals surface area contributed by atoms with Gasteiger partial charge >= 0.3 is 0 Å². The fourth-order valence-corrected chi connectivity index (χ4v) is 5.37. The molecule has 1 unspecified atom stereocenters. The second kappa shape index (κ2) is 13.5. The number of halogens is 1. The summed E-state index contributed by atoms with van der Waals surface area (Å²) in [4.78, 5) is 39.5. The number of fused-ring (bicyclic) bond motifs is 1. The van der Waals surface area contributed by atoms with Gasteiger partial charge in [-0.3, -0.25) is 14.5 Å². The lowest BCUT2D eigenvalue weighted by molar-refractivity contribution is -0.126. The van der Waals surface area contributed by atoms with E-state index in [4.69, 9.17) is 0 Å². The number of carbonyl (C=O) groups is 3. The minimum Gasteiger partial charge on any atom is -0.371 e. The minimum absolute atomic E-state index is 0.115. The molecule has 35 heavy (non-hydrogen) atoms. The second-order valence-electron chi connectivity index (χ2n) is 9.21. The summed E-state index contributed by atoms with van der Waals surface area (Å²) in [5, 5.41) is 2.69. The third-order valence-corrected chi connectivity index (χ3v) is 7.38. The first-order valence-electron chi connectivity index (χ1n) is 12.4. The average Bonchev–Trinajstić information content (AvgIpc) is 3.26. The van der Waals surface area contributed by atoms with Crippen molar-refractivity contribution in [2.24, 2.45) is 0 Å². The molecule has 6 nitrogen and oxygen atoms in total. The molecule has 0 saturated carbocycles. The van der Waals surface area contributed by atoms with E-state index in [1.165, 1.54) is 11.3 Å². The number of aryl methyl sites for hydroxylation is 1. The first-order valence-corrected chi connectivity index (χ1v) is 13.2. The molecule has 1 amide bonds. The lowest BCUT2D eigenvalue weighted by Gasteiger charge is -2.27. The predicted octanol–water partition coefficient (Wildman–Crippen LogP) is 4.56. The molecule has 188 valence electrons. The number of benzene rings is 2. The highest BCUT2D eigenvalue weighted by molar-refractivity contribution is 9.10. The van der Waals surface area contributed by atoms with Crippen LogP contribution in [0.25, 0.3) is 0 Å². The van der Waals surface area contributed by atoms with Gasteiger partial charge in [0.05, 0.1) is 6.04 Å². The number of unbranched alkanes of at least 4 members (excludes halogenated alkanes) is 2. The van der Waals surface area contributed by atoms with Gasteiger partial charge in [0.1, 0.15) is 12.6 Å². The van der Waals surface area contributed by atoms with Crippen LogP contribution in [0, 0.1) is 0 Å². The third-order valence-electron chi connectivity index (χ3n) is 6.89. The van der Waals surface area contributed by atoms with Gasteiger partial charge in [-0.2, -0.15) is 0 Å². The van der Waals surface area contributed by atoms with E-state index in [1.807, 2.05) is 24.1 Å². The van der Waals surface area contributed by atoms with Crippen LogP contribution in [0.2, 0.25) is 0 Å². The van der Waals surface area contributed by atoms with E-state index in [0.29, 0.717) is 24.9 Å². The van der Waals surface area contributed by atoms with Crippen LogP contribution in [0.15, 0.2) is 40.9 Å². The Kier molecular flexibility index (Phi) is 10.5. The molecule has 1 heterocycles. The zero-order chi connectivity index (χ0) is 25.2.